The van der Waals surface area contributed by atoms with Gasteiger partial charge in [-0.2, -0.15) is 13.2 Å². The highest BCUT2D eigenvalue weighted by atomic mass is 19.4. The molecule has 1 saturated heterocycles. The molecule has 188 valence electrons. The summed E-state index contributed by atoms with van der Waals surface area (Å²) in [7, 11) is 1.59. The molecule has 1 fully saturated rings. The molecule has 2 heterocycles. The number of hydrogen-bond donors (Lipinski definition) is 3. The highest BCUT2D eigenvalue weighted by Crippen LogP contribution is 2.35. The molecule has 1 aliphatic heterocycles. The van der Waals surface area contributed by atoms with Crippen LogP contribution in [0, 0.1) is 11.3 Å². The van der Waals surface area contributed by atoms with Crippen molar-refractivity contribution in [1.82, 2.24) is 20.2 Å². The molecule has 1 aliphatic rings. The number of likely N-dealkylation sites (tertiary alicyclic amines) is 1. The lowest BCUT2D eigenvalue weighted by Gasteiger charge is -2.43. The van der Waals surface area contributed by atoms with Crippen LogP contribution in [-0.4, -0.2) is 58.6 Å². The van der Waals surface area contributed by atoms with E-state index in [0.717, 1.165) is 11.1 Å². The highest BCUT2D eigenvalue weighted by molar-refractivity contribution is 6.54. The van der Waals surface area contributed by atoms with Crippen LogP contribution in [0.3, 0.4) is 0 Å². The molecule has 35 heavy (non-hydrogen) atoms. The average Bonchev–Trinajstić information content (AvgIpc) is 2.80. The molecule has 2 aromatic rings. The number of halogens is 5. The van der Waals surface area contributed by atoms with Gasteiger partial charge in [-0.1, -0.05) is 37.3 Å². The maximum absolute atomic E-state index is 14.5. The molecule has 1 aromatic heterocycles. The minimum Gasteiger partial charge on any atom is -0.393 e. The van der Waals surface area contributed by atoms with Gasteiger partial charge in [-0.3, -0.25) is 10.2 Å². The Morgan fingerprint density at radius 1 is 1.23 bits per heavy atom. The predicted octanol–water partition coefficient (Wildman–Crippen LogP) is 4.06. The van der Waals surface area contributed by atoms with Crippen LogP contribution in [0.4, 0.5) is 27.8 Å². The molecular formula is C23H25F5N6O. The number of nitrogens with one attached hydrogen (secondary N) is 3. The number of piperidine rings is 1. The second-order valence-corrected chi connectivity index (χ2v) is 8.29. The number of amides is 1. The number of nitrogens with zero attached hydrogens (tertiary/aromatic N) is 3. The van der Waals surface area contributed by atoms with E-state index in [0.29, 0.717) is 11.8 Å². The first-order valence-corrected chi connectivity index (χ1v) is 10.8. The summed E-state index contributed by atoms with van der Waals surface area (Å²) in [4.78, 5) is 21.3. The van der Waals surface area contributed by atoms with E-state index in [9.17, 15) is 26.7 Å². The van der Waals surface area contributed by atoms with E-state index in [4.69, 9.17) is 5.41 Å². The molecule has 7 nitrogen and oxygen atoms in total. The summed E-state index contributed by atoms with van der Waals surface area (Å²) in [6.07, 6.45) is -2.22. The Balaban J connectivity index is 1.83. The molecule has 0 radical (unpaired) electrons. The molecule has 3 N–H and O–H groups in total. The molecular weight excluding hydrogens is 471 g/mol. The van der Waals surface area contributed by atoms with Gasteiger partial charge in [0, 0.05) is 31.8 Å². The molecule has 2 unspecified atom stereocenters. The second kappa shape index (κ2) is 10.4. The topological polar surface area (TPSA) is 94.0 Å². The summed E-state index contributed by atoms with van der Waals surface area (Å²) >= 11 is 0. The van der Waals surface area contributed by atoms with Gasteiger partial charge in [0.05, 0.1) is 25.0 Å². The summed E-state index contributed by atoms with van der Waals surface area (Å²) in [5.74, 6) is -4.70. The van der Waals surface area contributed by atoms with Gasteiger partial charge in [0.25, 0.3) is 11.8 Å². The van der Waals surface area contributed by atoms with Crippen LogP contribution in [-0.2, 0) is 11.0 Å². The number of benzene rings is 1. The summed E-state index contributed by atoms with van der Waals surface area (Å²) in [5, 5.41) is 14.1. The van der Waals surface area contributed by atoms with Crippen LogP contribution in [0.25, 0.3) is 5.57 Å². The van der Waals surface area contributed by atoms with Crippen molar-refractivity contribution >= 4 is 23.0 Å². The van der Waals surface area contributed by atoms with Crippen molar-refractivity contribution in [2.75, 3.05) is 25.5 Å². The molecule has 0 bridgehead atoms. The van der Waals surface area contributed by atoms with Crippen LogP contribution in [0.2, 0.25) is 0 Å². The Bertz CT molecular complexity index is 1070. The summed E-state index contributed by atoms with van der Waals surface area (Å²) in [6.45, 7) is 0.612. The largest absolute Gasteiger partial charge is 0.434 e. The standard InChI is InChI=1S/C23H25F5N6O/c1-14-8-22(24,25)13-34(17(14)10-32-19-12-31-18(11-33-19)23(26,27)28)21(35)20(29)16(9-30-2)15-6-4-3-5-7-15/h3-7,9,11-12,14,17,29-30H,8,10,13H2,1-2H3,(H,32,33)/b16-9-,29-20?. The Labute approximate surface area is 199 Å². The van der Waals surface area contributed by atoms with E-state index in [-0.39, 0.29) is 17.9 Å². The maximum Gasteiger partial charge on any atom is 0.434 e. The Morgan fingerprint density at radius 2 is 1.91 bits per heavy atom. The monoisotopic (exact) mass is 496 g/mol. The zero-order chi connectivity index (χ0) is 25.8. The lowest BCUT2D eigenvalue weighted by atomic mass is 9.87. The minimum atomic E-state index is -4.64. The number of carbonyl (C=O) groups excluding carboxylic acids is 1. The Hall–Kier alpha value is -3.57. The minimum absolute atomic E-state index is 0.00469. The summed E-state index contributed by atoms with van der Waals surface area (Å²) in [6, 6.07) is 7.85. The Morgan fingerprint density at radius 3 is 2.49 bits per heavy atom. The Kier molecular flexibility index (Phi) is 7.71. The summed E-state index contributed by atoms with van der Waals surface area (Å²) < 4.78 is 67.0. The van der Waals surface area contributed by atoms with E-state index in [1.165, 1.54) is 6.20 Å². The van der Waals surface area contributed by atoms with E-state index in [2.05, 4.69) is 20.6 Å². The van der Waals surface area contributed by atoms with Gasteiger partial charge >= 0.3 is 6.18 Å². The summed E-state index contributed by atoms with van der Waals surface area (Å²) in [5.41, 5.74) is -0.829. The molecule has 3 rings (SSSR count). The van der Waals surface area contributed by atoms with Gasteiger partial charge in [-0.15, -0.1) is 0 Å². The fourth-order valence-electron chi connectivity index (χ4n) is 3.97. The van der Waals surface area contributed by atoms with Crippen molar-refractivity contribution in [2.45, 2.75) is 31.5 Å². The molecule has 1 amide bonds. The smallest absolute Gasteiger partial charge is 0.393 e. The van der Waals surface area contributed by atoms with Gasteiger partial charge < -0.3 is 15.5 Å². The predicted molar refractivity (Wildman–Crippen MR) is 121 cm³/mol. The van der Waals surface area contributed by atoms with Crippen LogP contribution in [0.1, 0.15) is 24.6 Å². The molecule has 0 spiro atoms. The molecule has 12 heteroatoms. The fourth-order valence-corrected chi connectivity index (χ4v) is 3.97. The van der Waals surface area contributed by atoms with Gasteiger partial charge in [0.2, 0.25) is 0 Å². The number of alkyl halides is 5. The normalized spacial score (nSPS) is 20.3. The highest BCUT2D eigenvalue weighted by Gasteiger charge is 2.46. The third kappa shape index (κ3) is 6.31. The van der Waals surface area contributed by atoms with Gasteiger partial charge in [0.1, 0.15) is 11.5 Å². The van der Waals surface area contributed by atoms with Crippen molar-refractivity contribution < 1.29 is 26.7 Å². The SMILES string of the molecule is CN/C=C(\C(=N)C(=O)N1CC(F)(F)CC(C)C1CNc1cnc(C(F)(F)F)cn1)c1ccccc1. The lowest BCUT2D eigenvalue weighted by Crippen LogP contribution is -2.58. The first-order valence-electron chi connectivity index (χ1n) is 10.8. The van der Waals surface area contributed by atoms with E-state index >= 15 is 0 Å². The van der Waals surface area contributed by atoms with Crippen molar-refractivity contribution in [1.29, 1.82) is 5.41 Å². The molecule has 1 aromatic carbocycles. The first-order chi connectivity index (χ1) is 16.4. The first kappa shape index (κ1) is 26.0. The van der Waals surface area contributed by atoms with E-state index in [1.807, 2.05) is 0 Å². The molecule has 2 atom stereocenters. The maximum atomic E-state index is 14.5. The van der Waals surface area contributed by atoms with E-state index in [1.54, 1.807) is 44.3 Å². The fraction of sp³-hybridized carbons (Fsp3) is 0.391. The second-order valence-electron chi connectivity index (χ2n) is 8.29. The molecule has 0 saturated carbocycles. The van der Waals surface area contributed by atoms with Crippen molar-refractivity contribution in [3.8, 4) is 0 Å². The van der Waals surface area contributed by atoms with Gasteiger partial charge in [-0.05, 0) is 11.5 Å². The average molecular weight is 496 g/mol. The number of carbonyl (C=O) groups is 1. The van der Waals surface area contributed by atoms with Crippen LogP contribution in [0.15, 0.2) is 48.9 Å². The number of aromatic nitrogens is 2. The number of rotatable bonds is 7. The van der Waals surface area contributed by atoms with Crippen molar-refractivity contribution in [2.24, 2.45) is 5.92 Å². The quantitative estimate of drug-likeness (QED) is 0.397. The van der Waals surface area contributed by atoms with Gasteiger partial charge in [-0.25, -0.2) is 18.7 Å². The zero-order valence-corrected chi connectivity index (χ0v) is 19.0. The molecule has 0 aliphatic carbocycles. The zero-order valence-electron chi connectivity index (χ0n) is 19.0. The van der Waals surface area contributed by atoms with Crippen LogP contribution in [0.5, 0.6) is 0 Å². The van der Waals surface area contributed by atoms with E-state index < -0.39 is 54.3 Å². The third-order valence-electron chi connectivity index (χ3n) is 5.63. The van der Waals surface area contributed by atoms with Gasteiger partial charge in [0.15, 0.2) is 5.69 Å². The van der Waals surface area contributed by atoms with Crippen molar-refractivity contribution in [3.05, 3.63) is 60.2 Å². The lowest BCUT2D eigenvalue weighted by molar-refractivity contribution is -0.145. The van der Waals surface area contributed by atoms with Crippen LogP contribution >= 0.6 is 0 Å². The number of anilines is 1. The van der Waals surface area contributed by atoms with Crippen LogP contribution < -0.4 is 10.6 Å². The number of hydrogen-bond acceptors (Lipinski definition) is 6. The third-order valence-corrected chi connectivity index (χ3v) is 5.63. The van der Waals surface area contributed by atoms with Crippen molar-refractivity contribution in [3.63, 3.8) is 0 Å².